The van der Waals surface area contributed by atoms with Gasteiger partial charge in [0.05, 0.1) is 31.1 Å². The van der Waals surface area contributed by atoms with E-state index in [-0.39, 0.29) is 19.6 Å². The highest BCUT2D eigenvalue weighted by Crippen LogP contribution is 2.37. The highest BCUT2D eigenvalue weighted by molar-refractivity contribution is 5.78. The largest absolute Gasteiger partial charge is 0.481 e. The molecule has 1 saturated carbocycles. The highest BCUT2D eigenvalue weighted by atomic mass is 16.5. The normalized spacial score (nSPS) is 25.8. The summed E-state index contributed by atoms with van der Waals surface area (Å²) in [6.45, 7) is 2.99. The number of carboxylic acid groups (broad SMARTS) is 2. The lowest BCUT2D eigenvalue weighted by atomic mass is 9.94. The fourth-order valence-corrected chi connectivity index (χ4v) is 2.81. The molecule has 0 aromatic heterocycles. The molecule has 0 aromatic carbocycles. The van der Waals surface area contributed by atoms with Gasteiger partial charge in [-0.3, -0.25) is 14.4 Å². The van der Waals surface area contributed by atoms with E-state index in [2.05, 4.69) is 5.32 Å². The van der Waals surface area contributed by atoms with Crippen molar-refractivity contribution >= 4 is 24.0 Å². The van der Waals surface area contributed by atoms with Crippen LogP contribution in [-0.2, 0) is 23.9 Å². The molecule has 1 aliphatic carbocycles. The van der Waals surface area contributed by atoms with Crippen LogP contribution in [0.3, 0.4) is 0 Å². The van der Waals surface area contributed by atoms with Gasteiger partial charge in [-0.1, -0.05) is 13.3 Å². The van der Waals surface area contributed by atoms with Crippen molar-refractivity contribution in [3.05, 3.63) is 0 Å². The molecule has 0 aliphatic heterocycles. The van der Waals surface area contributed by atoms with E-state index in [9.17, 15) is 29.4 Å². The van der Waals surface area contributed by atoms with E-state index in [0.29, 0.717) is 6.42 Å². The molecule has 0 saturated heterocycles. The lowest BCUT2D eigenvalue weighted by Crippen LogP contribution is -2.46. The Kier molecular flexibility index (Phi) is 7.47. The first-order chi connectivity index (χ1) is 11.3. The average molecular weight is 345 g/mol. The van der Waals surface area contributed by atoms with Gasteiger partial charge >= 0.3 is 24.0 Å². The topological polar surface area (TPSA) is 139 Å². The molecule has 0 aromatic rings. The molecule has 0 heterocycles. The minimum atomic E-state index is -1.22. The molecule has 0 spiro atoms. The SMILES string of the molecule is CCCCOC(=O)N[C@H]1[C@@H](COC(C)=O)[C@H](C(=O)O)C[C@@H]1C(=O)O. The predicted molar refractivity (Wildman–Crippen MR) is 80.2 cm³/mol. The van der Waals surface area contributed by atoms with Crippen LogP contribution in [0.1, 0.15) is 33.1 Å². The zero-order valence-corrected chi connectivity index (χ0v) is 13.7. The second-order valence-electron chi connectivity index (χ2n) is 5.75. The lowest BCUT2D eigenvalue weighted by Gasteiger charge is -2.24. The van der Waals surface area contributed by atoms with Crippen LogP contribution in [-0.4, -0.2) is 53.5 Å². The summed E-state index contributed by atoms with van der Waals surface area (Å²) in [4.78, 5) is 45.6. The molecule has 9 heteroatoms. The van der Waals surface area contributed by atoms with Crippen LogP contribution in [0.15, 0.2) is 0 Å². The summed E-state index contributed by atoms with van der Waals surface area (Å²) in [7, 11) is 0. The first kappa shape index (κ1) is 19.7. The molecule has 0 bridgehead atoms. The minimum absolute atomic E-state index is 0.156. The van der Waals surface area contributed by atoms with Crippen LogP contribution < -0.4 is 5.32 Å². The molecule has 1 aliphatic rings. The third-order valence-corrected chi connectivity index (χ3v) is 4.05. The second kappa shape index (κ2) is 9.09. The monoisotopic (exact) mass is 345 g/mol. The molecule has 0 radical (unpaired) electrons. The van der Waals surface area contributed by atoms with E-state index in [4.69, 9.17) is 9.47 Å². The van der Waals surface area contributed by atoms with E-state index < -0.39 is 47.8 Å². The number of carbonyl (C=O) groups excluding carboxylic acids is 2. The Morgan fingerprint density at radius 1 is 1.08 bits per heavy atom. The minimum Gasteiger partial charge on any atom is -0.481 e. The third-order valence-electron chi connectivity index (χ3n) is 4.05. The molecular formula is C15H23NO8. The molecule has 9 nitrogen and oxygen atoms in total. The first-order valence-corrected chi connectivity index (χ1v) is 7.80. The molecule has 0 unspecified atom stereocenters. The Morgan fingerprint density at radius 3 is 2.21 bits per heavy atom. The van der Waals surface area contributed by atoms with Gasteiger partial charge in [-0.15, -0.1) is 0 Å². The van der Waals surface area contributed by atoms with Crippen molar-refractivity contribution in [1.82, 2.24) is 5.32 Å². The predicted octanol–water partition coefficient (Wildman–Crippen LogP) is 0.866. The number of amides is 1. The van der Waals surface area contributed by atoms with Crippen LogP contribution in [0, 0.1) is 17.8 Å². The summed E-state index contributed by atoms with van der Waals surface area (Å²) in [5, 5.41) is 21.0. The van der Waals surface area contributed by atoms with Crippen molar-refractivity contribution < 1.29 is 38.9 Å². The summed E-state index contributed by atoms with van der Waals surface area (Å²) in [6.07, 6.45) is 0.523. The van der Waals surface area contributed by atoms with Crippen LogP contribution >= 0.6 is 0 Å². The molecule has 1 rings (SSSR count). The summed E-state index contributed by atoms with van der Waals surface area (Å²) >= 11 is 0. The quantitative estimate of drug-likeness (QED) is 0.435. The van der Waals surface area contributed by atoms with Gasteiger partial charge in [0.25, 0.3) is 0 Å². The number of esters is 1. The second-order valence-corrected chi connectivity index (χ2v) is 5.75. The van der Waals surface area contributed by atoms with E-state index in [1.165, 1.54) is 6.92 Å². The number of aliphatic carboxylic acids is 2. The summed E-state index contributed by atoms with van der Waals surface area (Å²) < 4.78 is 9.80. The van der Waals surface area contributed by atoms with Gasteiger partial charge in [0.2, 0.25) is 0 Å². The average Bonchev–Trinajstić information content (AvgIpc) is 2.84. The van der Waals surface area contributed by atoms with Gasteiger partial charge in [0.1, 0.15) is 0 Å². The molecule has 136 valence electrons. The Labute approximate surface area is 139 Å². The Hall–Kier alpha value is -2.32. The van der Waals surface area contributed by atoms with Crippen LogP contribution in [0.2, 0.25) is 0 Å². The van der Waals surface area contributed by atoms with Gasteiger partial charge in [0, 0.05) is 12.8 Å². The number of hydrogen-bond donors (Lipinski definition) is 3. The van der Waals surface area contributed by atoms with E-state index in [1.54, 1.807) is 0 Å². The van der Waals surface area contributed by atoms with Crippen molar-refractivity contribution in [3.8, 4) is 0 Å². The van der Waals surface area contributed by atoms with E-state index in [1.807, 2.05) is 6.92 Å². The number of carbonyl (C=O) groups is 4. The standard InChI is InChI=1S/C15H23NO8/c1-3-4-5-23-15(22)16-12-10(14(20)21)6-9(13(18)19)11(12)7-24-8(2)17/h9-12H,3-7H2,1-2H3,(H,16,22)(H,18,19)(H,20,21)/t9-,10+,11+,12-/m1/s1. The number of ether oxygens (including phenoxy) is 2. The number of carboxylic acids is 2. The van der Waals surface area contributed by atoms with Crippen molar-refractivity contribution in [2.45, 2.75) is 39.2 Å². The summed E-state index contributed by atoms with van der Waals surface area (Å²) in [5.74, 6) is -5.99. The summed E-state index contributed by atoms with van der Waals surface area (Å²) in [5.41, 5.74) is 0. The molecule has 24 heavy (non-hydrogen) atoms. The first-order valence-electron chi connectivity index (χ1n) is 7.80. The van der Waals surface area contributed by atoms with Gasteiger partial charge < -0.3 is 25.0 Å². The Bertz CT molecular complexity index is 492. The van der Waals surface area contributed by atoms with Gasteiger partial charge in [-0.05, 0) is 12.8 Å². The zero-order valence-electron chi connectivity index (χ0n) is 13.7. The van der Waals surface area contributed by atoms with Gasteiger partial charge in [0.15, 0.2) is 0 Å². The van der Waals surface area contributed by atoms with Gasteiger partial charge in [-0.2, -0.15) is 0 Å². The van der Waals surface area contributed by atoms with Crippen LogP contribution in [0.25, 0.3) is 0 Å². The molecular weight excluding hydrogens is 322 g/mol. The van der Waals surface area contributed by atoms with Crippen molar-refractivity contribution in [1.29, 1.82) is 0 Å². The zero-order chi connectivity index (χ0) is 18.3. The molecule has 1 amide bonds. The van der Waals surface area contributed by atoms with Crippen molar-refractivity contribution in [2.24, 2.45) is 17.8 Å². The number of rotatable bonds is 8. The van der Waals surface area contributed by atoms with Crippen LogP contribution in [0.5, 0.6) is 0 Å². The molecule has 1 fully saturated rings. The fraction of sp³-hybridized carbons (Fsp3) is 0.733. The Morgan fingerprint density at radius 2 is 1.71 bits per heavy atom. The van der Waals surface area contributed by atoms with E-state index >= 15 is 0 Å². The highest BCUT2D eigenvalue weighted by Gasteiger charge is 2.51. The maximum Gasteiger partial charge on any atom is 0.407 e. The Balaban J connectivity index is 2.88. The van der Waals surface area contributed by atoms with Crippen LogP contribution in [0.4, 0.5) is 4.79 Å². The molecule has 4 atom stereocenters. The summed E-state index contributed by atoms with van der Waals surface area (Å²) in [6, 6.07) is -0.989. The number of unbranched alkanes of at least 4 members (excludes halogenated alkanes) is 1. The maximum absolute atomic E-state index is 11.8. The number of hydrogen-bond acceptors (Lipinski definition) is 6. The third kappa shape index (κ3) is 5.39. The number of nitrogens with one attached hydrogen (secondary N) is 1. The number of alkyl carbamates (subject to hydrolysis) is 1. The van der Waals surface area contributed by atoms with Gasteiger partial charge in [-0.25, -0.2) is 4.79 Å². The smallest absolute Gasteiger partial charge is 0.407 e. The van der Waals surface area contributed by atoms with Crippen molar-refractivity contribution in [3.63, 3.8) is 0 Å². The molecule has 3 N–H and O–H groups in total. The van der Waals surface area contributed by atoms with E-state index in [0.717, 1.165) is 6.42 Å². The maximum atomic E-state index is 11.8. The fourth-order valence-electron chi connectivity index (χ4n) is 2.81. The lowest BCUT2D eigenvalue weighted by molar-refractivity contribution is -0.149. The van der Waals surface area contributed by atoms with Crippen molar-refractivity contribution in [2.75, 3.05) is 13.2 Å².